The van der Waals surface area contributed by atoms with E-state index in [0.29, 0.717) is 18.9 Å². The van der Waals surface area contributed by atoms with Crippen molar-refractivity contribution in [1.82, 2.24) is 14.7 Å². The van der Waals surface area contributed by atoms with Crippen LogP contribution in [0, 0.1) is 11.8 Å². The van der Waals surface area contributed by atoms with Crippen molar-refractivity contribution in [3.8, 4) is 0 Å². The highest BCUT2D eigenvalue weighted by atomic mass is 19.1. The van der Waals surface area contributed by atoms with Crippen LogP contribution in [0.3, 0.4) is 0 Å². The first-order valence-corrected chi connectivity index (χ1v) is 11.1. The molecule has 0 aromatic rings. The summed E-state index contributed by atoms with van der Waals surface area (Å²) in [5.74, 6) is 0.349. The smallest absolute Gasteiger partial charge is 0.234 e. The number of rotatable bonds is 4. The van der Waals surface area contributed by atoms with Gasteiger partial charge in [0.15, 0.2) is 0 Å². The zero-order chi connectivity index (χ0) is 19.8. The maximum atomic E-state index is 14.1. The van der Waals surface area contributed by atoms with Gasteiger partial charge in [0, 0.05) is 50.4 Å². The third-order valence-electron chi connectivity index (χ3n) is 7.37. The van der Waals surface area contributed by atoms with Gasteiger partial charge in [0.05, 0.1) is 5.92 Å². The number of hydrogen-bond donors (Lipinski definition) is 0. The van der Waals surface area contributed by atoms with Crippen LogP contribution in [0.5, 0.6) is 0 Å². The van der Waals surface area contributed by atoms with Gasteiger partial charge in [-0.3, -0.25) is 9.59 Å². The summed E-state index contributed by atoms with van der Waals surface area (Å²) in [5.41, 5.74) is 2.26. The van der Waals surface area contributed by atoms with Crippen LogP contribution < -0.4 is 0 Å². The Labute approximate surface area is 167 Å². The highest BCUT2D eigenvalue weighted by Gasteiger charge is 2.46. The number of carbonyl (C=O) groups excluding carboxylic acids is 2. The van der Waals surface area contributed by atoms with Crippen LogP contribution in [0.1, 0.15) is 58.8 Å². The number of piperidine rings is 2. The number of nitrogens with zero attached hydrogens (tertiary/aromatic N) is 3. The van der Waals surface area contributed by atoms with Crippen molar-refractivity contribution in [2.45, 2.75) is 77.0 Å². The van der Waals surface area contributed by atoms with Crippen LogP contribution in [0.4, 0.5) is 4.39 Å². The van der Waals surface area contributed by atoms with Gasteiger partial charge in [0.25, 0.3) is 0 Å². The minimum absolute atomic E-state index is 0.112. The minimum Gasteiger partial charge on any atom is -0.345 e. The Balaban J connectivity index is 1.41. The molecule has 3 heterocycles. The van der Waals surface area contributed by atoms with Gasteiger partial charge in [0.1, 0.15) is 6.17 Å². The van der Waals surface area contributed by atoms with Crippen molar-refractivity contribution in [3.63, 3.8) is 0 Å². The molecule has 2 unspecified atom stereocenters. The monoisotopic (exact) mass is 391 g/mol. The summed E-state index contributed by atoms with van der Waals surface area (Å²) in [6.07, 6.45) is 6.01. The second-order valence-corrected chi connectivity index (χ2v) is 9.38. The molecule has 4 aliphatic rings. The molecular weight excluding hydrogens is 357 g/mol. The second-order valence-electron chi connectivity index (χ2n) is 9.38. The molecule has 0 aromatic heterocycles. The molecule has 3 aliphatic heterocycles. The number of halogens is 1. The Kier molecular flexibility index (Phi) is 5.77. The molecular formula is C22H34FN3O2. The van der Waals surface area contributed by atoms with E-state index in [2.05, 4.69) is 23.6 Å². The van der Waals surface area contributed by atoms with Crippen LogP contribution in [0.15, 0.2) is 11.3 Å². The van der Waals surface area contributed by atoms with Gasteiger partial charge >= 0.3 is 0 Å². The minimum atomic E-state index is -0.785. The van der Waals surface area contributed by atoms with Crippen molar-refractivity contribution in [1.29, 1.82) is 0 Å². The fourth-order valence-corrected chi connectivity index (χ4v) is 5.88. The van der Waals surface area contributed by atoms with Crippen LogP contribution in [-0.4, -0.2) is 71.5 Å². The van der Waals surface area contributed by atoms with Crippen molar-refractivity contribution in [3.05, 3.63) is 11.3 Å². The summed E-state index contributed by atoms with van der Waals surface area (Å²) in [7, 11) is 0. The van der Waals surface area contributed by atoms with Gasteiger partial charge in [-0.25, -0.2) is 4.39 Å². The standard InChI is InChI=1S/C22H34FN3O2/c1-15(2)21-19-13-16(23)3-4-20(19)26(22(21)28)18-7-11-25(12-8-18)17-5-9-24(14-27)10-6-17/h14-18,21H,3-13H2,1-2H3. The molecule has 156 valence electrons. The molecule has 28 heavy (non-hydrogen) atoms. The summed E-state index contributed by atoms with van der Waals surface area (Å²) < 4.78 is 14.1. The van der Waals surface area contributed by atoms with Crippen molar-refractivity contribution in [2.75, 3.05) is 26.2 Å². The molecule has 0 saturated carbocycles. The number of carbonyl (C=O) groups is 2. The lowest BCUT2D eigenvalue weighted by Crippen LogP contribution is -2.51. The van der Waals surface area contributed by atoms with Crippen molar-refractivity contribution < 1.29 is 14.0 Å². The maximum Gasteiger partial charge on any atom is 0.234 e. The van der Waals surface area contributed by atoms with E-state index in [1.54, 1.807) is 0 Å². The van der Waals surface area contributed by atoms with E-state index in [1.807, 2.05) is 4.90 Å². The average molecular weight is 392 g/mol. The van der Waals surface area contributed by atoms with Gasteiger partial charge in [-0.2, -0.15) is 0 Å². The van der Waals surface area contributed by atoms with Gasteiger partial charge < -0.3 is 14.7 Å². The lowest BCUT2D eigenvalue weighted by molar-refractivity contribution is -0.134. The number of amides is 2. The SMILES string of the molecule is CC(C)C1C(=O)N(C2CCN(C3CCN(C=O)CC3)CC2)C2=C1CC(F)CC2. The number of likely N-dealkylation sites (tertiary alicyclic amines) is 2. The predicted molar refractivity (Wildman–Crippen MR) is 106 cm³/mol. The number of alkyl halides is 1. The van der Waals surface area contributed by atoms with Crippen LogP contribution in [0.25, 0.3) is 0 Å². The summed E-state index contributed by atoms with van der Waals surface area (Å²) in [6, 6.07) is 0.829. The summed E-state index contributed by atoms with van der Waals surface area (Å²) in [4.78, 5) is 30.7. The third-order valence-corrected chi connectivity index (χ3v) is 7.37. The van der Waals surface area contributed by atoms with Crippen molar-refractivity contribution in [2.24, 2.45) is 11.8 Å². The summed E-state index contributed by atoms with van der Waals surface area (Å²) >= 11 is 0. The molecule has 0 N–H and O–H groups in total. The Morgan fingerprint density at radius 1 is 1.00 bits per heavy atom. The molecule has 4 rings (SSSR count). The topological polar surface area (TPSA) is 43.9 Å². The average Bonchev–Trinajstić information content (AvgIpc) is 2.99. The van der Waals surface area contributed by atoms with E-state index in [9.17, 15) is 14.0 Å². The van der Waals surface area contributed by atoms with E-state index in [1.165, 1.54) is 0 Å². The number of allylic oxidation sites excluding steroid dienone is 1. The Morgan fingerprint density at radius 2 is 1.64 bits per heavy atom. The zero-order valence-corrected chi connectivity index (χ0v) is 17.3. The molecule has 6 heteroatoms. The van der Waals surface area contributed by atoms with E-state index in [-0.39, 0.29) is 23.8 Å². The van der Waals surface area contributed by atoms with Gasteiger partial charge in [-0.1, -0.05) is 13.8 Å². The lowest BCUT2D eigenvalue weighted by Gasteiger charge is -2.43. The molecule has 0 radical (unpaired) electrons. The first kappa shape index (κ1) is 19.9. The molecule has 2 amide bonds. The lowest BCUT2D eigenvalue weighted by atomic mass is 9.83. The maximum absolute atomic E-state index is 14.1. The normalized spacial score (nSPS) is 31.1. The fraction of sp³-hybridized carbons (Fsp3) is 0.818. The zero-order valence-electron chi connectivity index (χ0n) is 17.3. The molecule has 1 aliphatic carbocycles. The van der Waals surface area contributed by atoms with Gasteiger partial charge in [-0.15, -0.1) is 0 Å². The first-order chi connectivity index (χ1) is 13.5. The second kappa shape index (κ2) is 8.13. The van der Waals surface area contributed by atoms with Crippen molar-refractivity contribution >= 4 is 12.3 Å². The fourth-order valence-electron chi connectivity index (χ4n) is 5.88. The molecule has 2 fully saturated rings. The van der Waals surface area contributed by atoms with Gasteiger partial charge in [-0.05, 0) is 50.0 Å². The molecule has 0 bridgehead atoms. The summed E-state index contributed by atoms with van der Waals surface area (Å²) in [6.45, 7) is 7.92. The van der Waals surface area contributed by atoms with Gasteiger partial charge in [0.2, 0.25) is 12.3 Å². The Bertz CT molecular complexity index is 634. The van der Waals surface area contributed by atoms with E-state index in [4.69, 9.17) is 0 Å². The highest BCUT2D eigenvalue weighted by Crippen LogP contribution is 2.45. The number of hydrogen-bond acceptors (Lipinski definition) is 3. The molecule has 2 saturated heterocycles. The largest absolute Gasteiger partial charge is 0.345 e. The van der Waals surface area contributed by atoms with E-state index >= 15 is 0 Å². The molecule has 0 spiro atoms. The first-order valence-electron chi connectivity index (χ1n) is 11.1. The molecule has 5 nitrogen and oxygen atoms in total. The van der Waals surface area contributed by atoms with Crippen LogP contribution in [-0.2, 0) is 9.59 Å². The molecule has 2 atom stereocenters. The predicted octanol–water partition coefficient (Wildman–Crippen LogP) is 2.96. The highest BCUT2D eigenvalue weighted by molar-refractivity contribution is 5.88. The third kappa shape index (κ3) is 3.60. The quantitative estimate of drug-likeness (QED) is 0.692. The van der Waals surface area contributed by atoms with E-state index < -0.39 is 6.17 Å². The Morgan fingerprint density at radius 3 is 2.25 bits per heavy atom. The van der Waals surface area contributed by atoms with Crippen LogP contribution >= 0.6 is 0 Å². The summed E-state index contributed by atoms with van der Waals surface area (Å²) in [5, 5.41) is 0. The van der Waals surface area contributed by atoms with Crippen LogP contribution in [0.2, 0.25) is 0 Å². The molecule has 0 aromatic carbocycles. The van der Waals surface area contributed by atoms with E-state index in [0.717, 1.165) is 76.0 Å². The Hall–Kier alpha value is -1.43.